The Morgan fingerprint density at radius 2 is 2.00 bits per heavy atom. The van der Waals surface area contributed by atoms with E-state index in [9.17, 15) is 4.21 Å². The summed E-state index contributed by atoms with van der Waals surface area (Å²) in [5.41, 5.74) is 0.633. The number of halogens is 1. The number of rotatable bonds is 3. The highest BCUT2D eigenvalue weighted by Crippen LogP contribution is 2.14. The van der Waals surface area contributed by atoms with Gasteiger partial charge in [0.15, 0.2) is 0 Å². The molecule has 0 amide bonds. The van der Waals surface area contributed by atoms with E-state index in [1.165, 1.54) is 4.31 Å². The first-order valence-electron chi connectivity index (χ1n) is 3.25. The fourth-order valence-corrected chi connectivity index (χ4v) is 1.57. The smallest absolute Gasteiger partial charge is 0.262 e. The maximum absolute atomic E-state index is 10.7. The van der Waals surface area contributed by atoms with Crippen LogP contribution in [0.2, 0.25) is 0 Å². The van der Waals surface area contributed by atoms with Crippen LogP contribution < -0.4 is 4.31 Å². The molecule has 0 aliphatic heterocycles. The van der Waals surface area contributed by atoms with Gasteiger partial charge in [-0.3, -0.25) is 8.86 Å². The van der Waals surface area contributed by atoms with Crippen molar-refractivity contribution in [3.8, 4) is 0 Å². The van der Waals surface area contributed by atoms with Crippen LogP contribution in [-0.4, -0.2) is 14.8 Å². The summed E-state index contributed by atoms with van der Waals surface area (Å²) in [6.07, 6.45) is 0. The van der Waals surface area contributed by atoms with Gasteiger partial charge in [0.05, 0.1) is 5.69 Å². The third kappa shape index (κ3) is 2.20. The van der Waals surface area contributed by atoms with E-state index in [1.54, 1.807) is 24.3 Å². The second kappa shape index (κ2) is 4.45. The predicted octanol–water partition coefficient (Wildman–Crippen LogP) is 1.83. The molecule has 0 bridgehead atoms. The molecule has 66 valence electrons. The molecule has 0 saturated heterocycles. The van der Waals surface area contributed by atoms with E-state index in [4.69, 9.17) is 16.2 Å². The lowest BCUT2D eigenvalue weighted by molar-refractivity contribution is 0.562. The molecule has 1 rings (SSSR count). The van der Waals surface area contributed by atoms with E-state index >= 15 is 0 Å². The molecule has 1 aromatic rings. The second-order valence-corrected chi connectivity index (χ2v) is 3.21. The Morgan fingerprint density at radius 3 is 2.42 bits per heavy atom. The molecule has 0 aliphatic rings. The maximum Gasteiger partial charge on any atom is 0.262 e. The quantitative estimate of drug-likeness (QED) is 0.465. The van der Waals surface area contributed by atoms with Crippen LogP contribution in [0.25, 0.3) is 0 Å². The normalized spacial score (nSPS) is 12.5. The minimum Gasteiger partial charge on any atom is -0.289 e. The molecular weight excluding hydrogens is 198 g/mol. The SMILES string of the molecule is O=S(O)N(CCl)c1ccccc1. The summed E-state index contributed by atoms with van der Waals surface area (Å²) in [5, 5.41) is 0. The molecule has 5 heteroatoms. The molecule has 0 spiro atoms. The van der Waals surface area contributed by atoms with Gasteiger partial charge in [0.25, 0.3) is 11.3 Å². The van der Waals surface area contributed by atoms with Crippen molar-refractivity contribution in [1.29, 1.82) is 0 Å². The van der Waals surface area contributed by atoms with E-state index in [1.807, 2.05) is 6.07 Å². The van der Waals surface area contributed by atoms with Crippen molar-refractivity contribution < 1.29 is 8.76 Å². The number of hydrogen-bond acceptors (Lipinski definition) is 1. The molecule has 1 N–H and O–H groups in total. The zero-order valence-corrected chi connectivity index (χ0v) is 7.76. The summed E-state index contributed by atoms with van der Waals surface area (Å²) in [6, 6.07) is 8.82. The number of alkyl halides is 1. The Labute approximate surface area is 78.4 Å². The standard InChI is InChI=1S/C7H8ClNO2S/c8-6-9(12(10)11)7-4-2-1-3-5-7/h1-5H,6H2,(H,10,11). The Bertz CT molecular complexity index is 267. The van der Waals surface area contributed by atoms with Crippen LogP contribution in [0, 0.1) is 0 Å². The van der Waals surface area contributed by atoms with Gasteiger partial charge in [-0.15, -0.1) is 11.6 Å². The maximum atomic E-state index is 10.7. The summed E-state index contributed by atoms with van der Waals surface area (Å²) < 4.78 is 20.6. The minimum absolute atomic E-state index is 0.00682. The van der Waals surface area contributed by atoms with Crippen LogP contribution in [-0.2, 0) is 11.3 Å². The molecule has 1 aromatic carbocycles. The molecule has 0 saturated carbocycles. The number of hydrogen-bond donors (Lipinski definition) is 1. The highest BCUT2D eigenvalue weighted by molar-refractivity contribution is 7.80. The van der Waals surface area contributed by atoms with Gasteiger partial charge in [0, 0.05) is 0 Å². The average molecular weight is 206 g/mol. The second-order valence-electron chi connectivity index (χ2n) is 2.06. The van der Waals surface area contributed by atoms with E-state index in [2.05, 4.69) is 0 Å². The molecule has 0 radical (unpaired) electrons. The first-order valence-corrected chi connectivity index (χ1v) is 4.85. The van der Waals surface area contributed by atoms with Gasteiger partial charge in [-0.2, -0.15) is 0 Å². The summed E-state index contributed by atoms with van der Waals surface area (Å²) >= 11 is 3.42. The Hall–Kier alpha value is -0.580. The lowest BCUT2D eigenvalue weighted by Gasteiger charge is -2.15. The minimum atomic E-state index is -2.05. The van der Waals surface area contributed by atoms with Crippen molar-refractivity contribution >= 4 is 28.6 Å². The number of para-hydroxylation sites is 1. The topological polar surface area (TPSA) is 40.5 Å². The van der Waals surface area contributed by atoms with E-state index in [-0.39, 0.29) is 6.00 Å². The third-order valence-electron chi connectivity index (χ3n) is 1.34. The van der Waals surface area contributed by atoms with Gasteiger partial charge >= 0.3 is 0 Å². The van der Waals surface area contributed by atoms with Gasteiger partial charge < -0.3 is 0 Å². The van der Waals surface area contributed by atoms with Gasteiger partial charge in [-0.1, -0.05) is 18.2 Å². The number of anilines is 1. The van der Waals surface area contributed by atoms with E-state index in [0.29, 0.717) is 5.69 Å². The Morgan fingerprint density at radius 1 is 1.42 bits per heavy atom. The first kappa shape index (κ1) is 9.51. The highest BCUT2D eigenvalue weighted by atomic mass is 35.5. The van der Waals surface area contributed by atoms with Crippen molar-refractivity contribution in [3.05, 3.63) is 30.3 Å². The summed E-state index contributed by atoms with van der Waals surface area (Å²) in [4.78, 5) is 0. The van der Waals surface area contributed by atoms with Gasteiger partial charge in [-0.05, 0) is 12.1 Å². The summed E-state index contributed by atoms with van der Waals surface area (Å²) in [7, 11) is 0. The van der Waals surface area contributed by atoms with Crippen molar-refractivity contribution in [2.24, 2.45) is 0 Å². The zero-order chi connectivity index (χ0) is 8.97. The van der Waals surface area contributed by atoms with E-state index in [0.717, 1.165) is 0 Å². The monoisotopic (exact) mass is 205 g/mol. The first-order chi connectivity index (χ1) is 5.75. The molecule has 12 heavy (non-hydrogen) atoms. The predicted molar refractivity (Wildman–Crippen MR) is 50.4 cm³/mol. The van der Waals surface area contributed by atoms with Crippen molar-refractivity contribution in [1.82, 2.24) is 0 Å². The highest BCUT2D eigenvalue weighted by Gasteiger charge is 2.08. The van der Waals surface area contributed by atoms with Crippen molar-refractivity contribution in [3.63, 3.8) is 0 Å². The van der Waals surface area contributed by atoms with Crippen molar-refractivity contribution in [2.75, 3.05) is 10.3 Å². The summed E-state index contributed by atoms with van der Waals surface area (Å²) in [6.45, 7) is 0. The van der Waals surface area contributed by atoms with Crippen LogP contribution in [0.15, 0.2) is 30.3 Å². The van der Waals surface area contributed by atoms with Crippen molar-refractivity contribution in [2.45, 2.75) is 0 Å². The summed E-state index contributed by atoms with van der Waals surface area (Å²) in [5.74, 6) is 0. The lowest BCUT2D eigenvalue weighted by Crippen LogP contribution is -2.23. The van der Waals surface area contributed by atoms with Crippen LogP contribution in [0.1, 0.15) is 0 Å². The van der Waals surface area contributed by atoms with Gasteiger partial charge in [-0.25, -0.2) is 4.21 Å². The average Bonchev–Trinajstić information content (AvgIpc) is 2.07. The van der Waals surface area contributed by atoms with Crippen LogP contribution in [0.5, 0.6) is 0 Å². The van der Waals surface area contributed by atoms with Gasteiger partial charge in [0.2, 0.25) is 0 Å². The molecular formula is C7H8ClNO2S. The fourth-order valence-electron chi connectivity index (χ4n) is 0.795. The molecule has 0 fully saturated rings. The molecule has 0 aromatic heterocycles. The Kier molecular flexibility index (Phi) is 3.52. The van der Waals surface area contributed by atoms with E-state index < -0.39 is 11.3 Å². The van der Waals surface area contributed by atoms with Crippen LogP contribution in [0.3, 0.4) is 0 Å². The van der Waals surface area contributed by atoms with Crippen LogP contribution in [0.4, 0.5) is 5.69 Å². The Balaban J connectivity index is 2.88. The molecule has 1 atom stereocenters. The fraction of sp³-hybridized carbons (Fsp3) is 0.143. The number of nitrogens with zero attached hydrogens (tertiary/aromatic N) is 1. The van der Waals surface area contributed by atoms with Gasteiger partial charge in [0.1, 0.15) is 6.00 Å². The molecule has 0 heterocycles. The third-order valence-corrected chi connectivity index (χ3v) is 2.44. The lowest BCUT2D eigenvalue weighted by atomic mass is 10.3. The number of benzene rings is 1. The molecule has 0 aliphatic carbocycles. The van der Waals surface area contributed by atoms with Crippen LogP contribution >= 0.6 is 11.6 Å². The molecule has 1 unspecified atom stereocenters. The molecule has 3 nitrogen and oxygen atoms in total. The zero-order valence-electron chi connectivity index (χ0n) is 6.18. The largest absolute Gasteiger partial charge is 0.289 e.